The summed E-state index contributed by atoms with van der Waals surface area (Å²) in [6, 6.07) is 1.66. The van der Waals surface area contributed by atoms with Gasteiger partial charge >= 0.3 is 6.18 Å². The first-order valence-corrected chi connectivity index (χ1v) is 9.15. The van der Waals surface area contributed by atoms with Crippen LogP contribution in [0.15, 0.2) is 18.5 Å². The third kappa shape index (κ3) is 3.98. The highest BCUT2D eigenvalue weighted by atomic mass is 32.2. The van der Waals surface area contributed by atoms with Crippen LogP contribution in [0.1, 0.15) is 18.4 Å². The van der Waals surface area contributed by atoms with Gasteiger partial charge in [-0.2, -0.15) is 13.2 Å². The lowest BCUT2D eigenvalue weighted by atomic mass is 9.98. The van der Waals surface area contributed by atoms with Gasteiger partial charge in [-0.1, -0.05) is 11.9 Å². The molecule has 1 N–H and O–H groups in total. The monoisotopic (exact) mass is 374 g/mol. The minimum absolute atomic E-state index is 0.180. The van der Waals surface area contributed by atoms with Gasteiger partial charge in [0.05, 0.1) is 11.1 Å². The zero-order valence-electron chi connectivity index (χ0n) is 13.6. The molecule has 0 bridgehead atoms. The van der Waals surface area contributed by atoms with E-state index in [2.05, 4.69) is 14.7 Å². The second-order valence-corrected chi connectivity index (χ2v) is 6.75. The molecule has 1 aliphatic rings. The lowest BCUT2D eigenvalue weighted by Crippen LogP contribution is -2.39. The number of nitrogens with zero attached hydrogens (tertiary/aromatic N) is 3. The predicted octanol–water partition coefficient (Wildman–Crippen LogP) is 3.87. The Morgan fingerprint density at radius 2 is 2.12 bits per heavy atom. The number of alkyl halides is 3. The van der Waals surface area contributed by atoms with Crippen molar-refractivity contribution < 1.29 is 17.6 Å². The van der Waals surface area contributed by atoms with Crippen LogP contribution in [0.5, 0.6) is 0 Å². The molecule has 0 saturated carbocycles. The number of hydrogen-bond donors (Lipinski definition) is 1. The van der Waals surface area contributed by atoms with Crippen molar-refractivity contribution in [3.63, 3.8) is 0 Å². The van der Waals surface area contributed by atoms with Gasteiger partial charge in [0.15, 0.2) is 0 Å². The SMILES string of the molecule is CSNCC1CCCN(c2ncnc3cc(F)c(C(F)(F)F)cc23)C1. The second-order valence-electron chi connectivity index (χ2n) is 6.05. The smallest absolute Gasteiger partial charge is 0.356 e. The number of aromatic nitrogens is 2. The summed E-state index contributed by atoms with van der Waals surface area (Å²) in [5.74, 6) is -0.497. The molecular formula is C16H18F4N4S. The highest BCUT2D eigenvalue weighted by Crippen LogP contribution is 2.36. The minimum Gasteiger partial charge on any atom is -0.356 e. The molecule has 136 valence electrons. The van der Waals surface area contributed by atoms with Crippen LogP contribution in [0.4, 0.5) is 23.4 Å². The van der Waals surface area contributed by atoms with Crippen molar-refractivity contribution in [1.29, 1.82) is 0 Å². The third-order valence-corrected chi connectivity index (χ3v) is 4.80. The quantitative estimate of drug-likeness (QED) is 0.650. The first-order valence-electron chi connectivity index (χ1n) is 7.92. The van der Waals surface area contributed by atoms with Crippen LogP contribution in [0.25, 0.3) is 10.9 Å². The fourth-order valence-corrected chi connectivity index (χ4v) is 3.56. The van der Waals surface area contributed by atoms with E-state index in [9.17, 15) is 17.6 Å². The molecule has 0 radical (unpaired) electrons. The van der Waals surface area contributed by atoms with Gasteiger partial charge in [0, 0.05) is 31.1 Å². The van der Waals surface area contributed by atoms with Crippen LogP contribution in [0.2, 0.25) is 0 Å². The second kappa shape index (κ2) is 7.33. The van der Waals surface area contributed by atoms with Gasteiger partial charge in [0.1, 0.15) is 18.0 Å². The van der Waals surface area contributed by atoms with Gasteiger partial charge in [-0.3, -0.25) is 4.72 Å². The maximum atomic E-state index is 13.8. The molecule has 1 atom stereocenters. The molecule has 2 heterocycles. The Kier molecular flexibility index (Phi) is 5.33. The van der Waals surface area contributed by atoms with Crippen molar-refractivity contribution in [2.45, 2.75) is 19.0 Å². The molecule has 3 rings (SSSR count). The van der Waals surface area contributed by atoms with Gasteiger partial charge in [-0.15, -0.1) is 0 Å². The molecule has 0 spiro atoms. The first kappa shape index (κ1) is 18.2. The predicted molar refractivity (Wildman–Crippen MR) is 91.0 cm³/mol. The number of hydrogen-bond acceptors (Lipinski definition) is 5. The standard InChI is InChI=1S/C16H18F4N4S/c1-25-23-7-10-3-2-4-24(8-10)15-11-5-12(16(18,19)20)13(17)6-14(11)21-9-22-15/h5-6,9-10,23H,2-4,7-8H2,1H3. The summed E-state index contributed by atoms with van der Waals surface area (Å²) in [5, 5.41) is 0.231. The van der Waals surface area contributed by atoms with Crippen molar-refractivity contribution in [3.05, 3.63) is 29.8 Å². The number of benzene rings is 1. The van der Waals surface area contributed by atoms with Crippen molar-refractivity contribution in [3.8, 4) is 0 Å². The van der Waals surface area contributed by atoms with E-state index < -0.39 is 17.6 Å². The molecule has 1 fully saturated rings. The Hall–Kier alpha value is -1.61. The lowest BCUT2D eigenvalue weighted by molar-refractivity contribution is -0.139. The van der Waals surface area contributed by atoms with Gasteiger partial charge in [-0.05, 0) is 31.1 Å². The summed E-state index contributed by atoms with van der Waals surface area (Å²) in [4.78, 5) is 10.1. The van der Waals surface area contributed by atoms with E-state index in [1.54, 1.807) is 11.9 Å². The lowest BCUT2D eigenvalue weighted by Gasteiger charge is -2.34. The average molecular weight is 374 g/mol. The Morgan fingerprint density at radius 1 is 1.32 bits per heavy atom. The number of rotatable bonds is 4. The van der Waals surface area contributed by atoms with E-state index in [-0.39, 0.29) is 10.9 Å². The Morgan fingerprint density at radius 3 is 2.84 bits per heavy atom. The largest absolute Gasteiger partial charge is 0.419 e. The molecule has 1 aliphatic heterocycles. The number of piperidine rings is 1. The van der Waals surface area contributed by atoms with Gasteiger partial charge < -0.3 is 4.90 Å². The van der Waals surface area contributed by atoms with Crippen molar-refractivity contribution >= 4 is 28.7 Å². The van der Waals surface area contributed by atoms with E-state index in [4.69, 9.17) is 0 Å². The Balaban J connectivity index is 1.98. The highest BCUT2D eigenvalue weighted by molar-refractivity contribution is 7.96. The van der Waals surface area contributed by atoms with Crippen LogP contribution in [0, 0.1) is 11.7 Å². The highest BCUT2D eigenvalue weighted by Gasteiger charge is 2.35. The van der Waals surface area contributed by atoms with Crippen molar-refractivity contribution in [1.82, 2.24) is 14.7 Å². The van der Waals surface area contributed by atoms with Crippen molar-refractivity contribution in [2.75, 3.05) is 30.8 Å². The van der Waals surface area contributed by atoms with Gasteiger partial charge in [-0.25, -0.2) is 14.4 Å². The number of anilines is 1. The first-order chi connectivity index (χ1) is 11.9. The summed E-state index contributed by atoms with van der Waals surface area (Å²) in [6.45, 7) is 2.22. The van der Waals surface area contributed by atoms with E-state index in [0.717, 1.165) is 31.5 Å². The normalized spacial score (nSPS) is 18.8. The minimum atomic E-state index is -4.75. The van der Waals surface area contributed by atoms with Crippen LogP contribution in [-0.4, -0.2) is 35.9 Å². The van der Waals surface area contributed by atoms with Crippen LogP contribution in [-0.2, 0) is 6.18 Å². The van der Waals surface area contributed by atoms with Crippen LogP contribution in [0.3, 0.4) is 0 Å². The Bertz CT molecular complexity index is 753. The molecule has 1 aromatic carbocycles. The van der Waals surface area contributed by atoms with Crippen molar-refractivity contribution in [2.24, 2.45) is 5.92 Å². The van der Waals surface area contributed by atoms with E-state index in [1.807, 2.05) is 11.2 Å². The summed E-state index contributed by atoms with van der Waals surface area (Å²) in [6.07, 6.45) is 0.451. The van der Waals surface area contributed by atoms with Crippen LogP contribution < -0.4 is 9.62 Å². The summed E-state index contributed by atoms with van der Waals surface area (Å²) in [7, 11) is 0. The van der Waals surface area contributed by atoms with Gasteiger partial charge in [0.2, 0.25) is 0 Å². The van der Waals surface area contributed by atoms with Gasteiger partial charge in [0.25, 0.3) is 0 Å². The molecule has 2 aromatic rings. The molecular weight excluding hydrogens is 356 g/mol. The summed E-state index contributed by atoms with van der Waals surface area (Å²) >= 11 is 1.54. The molecule has 1 aromatic heterocycles. The number of halogens is 4. The molecule has 1 unspecified atom stereocenters. The molecule has 4 nitrogen and oxygen atoms in total. The fraction of sp³-hybridized carbons (Fsp3) is 0.500. The maximum absolute atomic E-state index is 13.8. The summed E-state index contributed by atoms with van der Waals surface area (Å²) in [5.41, 5.74) is -1.10. The fourth-order valence-electron chi connectivity index (χ4n) is 3.16. The van der Waals surface area contributed by atoms with E-state index in [1.165, 1.54) is 6.33 Å². The molecule has 9 heteroatoms. The average Bonchev–Trinajstić information content (AvgIpc) is 2.58. The third-order valence-electron chi connectivity index (χ3n) is 4.34. The number of nitrogens with one attached hydrogen (secondary N) is 1. The van der Waals surface area contributed by atoms with E-state index >= 15 is 0 Å². The van der Waals surface area contributed by atoms with Crippen LogP contribution >= 0.6 is 11.9 Å². The molecule has 0 amide bonds. The maximum Gasteiger partial charge on any atom is 0.419 e. The topological polar surface area (TPSA) is 41.0 Å². The molecule has 0 aliphatic carbocycles. The zero-order chi connectivity index (χ0) is 18.0. The zero-order valence-corrected chi connectivity index (χ0v) is 14.4. The van der Waals surface area contributed by atoms with E-state index in [0.29, 0.717) is 24.8 Å². The number of fused-ring (bicyclic) bond motifs is 1. The molecule has 1 saturated heterocycles. The molecule has 25 heavy (non-hydrogen) atoms. The summed E-state index contributed by atoms with van der Waals surface area (Å²) < 4.78 is 56.1. The Labute approximate surface area is 147 Å².